The molecule has 0 amide bonds. The molecule has 26 heavy (non-hydrogen) atoms. The monoisotopic (exact) mass is 408 g/mol. The Morgan fingerprint density at radius 3 is 2.46 bits per heavy atom. The molecule has 3 aromatic rings. The number of aromatic nitrogens is 2. The molecule has 0 saturated heterocycles. The molecule has 0 radical (unpaired) electrons. The number of ether oxygens (including phenoxy) is 1. The van der Waals surface area contributed by atoms with Gasteiger partial charge in [-0.2, -0.15) is 0 Å². The zero-order valence-electron chi connectivity index (χ0n) is 14.1. The maximum atomic E-state index is 6.29. The van der Waals surface area contributed by atoms with E-state index < -0.39 is 0 Å². The summed E-state index contributed by atoms with van der Waals surface area (Å²) in [5, 5.41) is 2.06. The number of hydrogen-bond acceptors (Lipinski definition) is 2. The van der Waals surface area contributed by atoms with Gasteiger partial charge in [0.2, 0.25) is 0 Å². The Kier molecular flexibility index (Phi) is 6.98. The van der Waals surface area contributed by atoms with Crippen molar-refractivity contribution >= 4 is 34.8 Å². The van der Waals surface area contributed by atoms with Crippen molar-refractivity contribution in [1.82, 2.24) is 9.55 Å². The molecule has 0 saturated carbocycles. The first-order valence-electron chi connectivity index (χ1n) is 8.36. The molecule has 1 heterocycles. The molecule has 0 N–H and O–H groups in total. The van der Waals surface area contributed by atoms with Gasteiger partial charge >= 0.3 is 0 Å². The molecule has 0 aliphatic heterocycles. The van der Waals surface area contributed by atoms with Gasteiger partial charge < -0.3 is 9.30 Å². The van der Waals surface area contributed by atoms with Crippen LogP contribution in [0.1, 0.15) is 17.5 Å². The largest absolute Gasteiger partial charge is 0.372 e. The average Bonchev–Trinajstić information content (AvgIpc) is 3.13. The molecule has 1 unspecified atom stereocenters. The molecule has 0 fully saturated rings. The van der Waals surface area contributed by atoms with Gasteiger partial charge in [0.1, 0.15) is 0 Å². The van der Waals surface area contributed by atoms with E-state index in [9.17, 15) is 0 Å². The zero-order valence-corrected chi connectivity index (χ0v) is 16.4. The second kappa shape index (κ2) is 9.43. The van der Waals surface area contributed by atoms with E-state index in [0.717, 1.165) is 35.5 Å². The maximum Gasteiger partial charge on any atom is 0.0946 e. The summed E-state index contributed by atoms with van der Waals surface area (Å²) < 4.78 is 8.19. The van der Waals surface area contributed by atoms with E-state index in [1.54, 1.807) is 18.6 Å². The Bertz CT molecular complexity index is 820. The van der Waals surface area contributed by atoms with Crippen LogP contribution in [0.5, 0.6) is 0 Å². The summed E-state index contributed by atoms with van der Waals surface area (Å²) in [6.45, 7) is 1.27. The molecular formula is C20H19Cl3N2O. The van der Waals surface area contributed by atoms with Gasteiger partial charge in [-0.25, -0.2) is 4.98 Å². The standard InChI is InChI=1S/C20H19Cl3N2O/c21-17-5-1-15(2-6-17)13-26-19(12-25-10-9-24-14-25)8-4-16-3-7-18(22)11-20(16)23/h1-3,5-7,9-11,14,19H,4,8,12-13H2. The third kappa shape index (κ3) is 5.75. The van der Waals surface area contributed by atoms with Crippen molar-refractivity contribution in [2.45, 2.75) is 32.1 Å². The fourth-order valence-electron chi connectivity index (χ4n) is 2.69. The third-order valence-corrected chi connectivity index (χ3v) is 4.96. The highest BCUT2D eigenvalue weighted by molar-refractivity contribution is 6.35. The molecule has 3 rings (SSSR count). The van der Waals surface area contributed by atoms with Crippen LogP contribution in [0.25, 0.3) is 0 Å². The molecule has 1 atom stereocenters. The van der Waals surface area contributed by atoms with Crippen LogP contribution in [0.3, 0.4) is 0 Å². The summed E-state index contributed by atoms with van der Waals surface area (Å²) in [5.41, 5.74) is 2.16. The molecule has 2 aromatic carbocycles. The first-order chi connectivity index (χ1) is 12.6. The smallest absolute Gasteiger partial charge is 0.0946 e. The lowest BCUT2D eigenvalue weighted by atomic mass is 10.1. The van der Waals surface area contributed by atoms with Crippen LogP contribution in [0, 0.1) is 0 Å². The number of hydrogen-bond donors (Lipinski definition) is 0. The summed E-state index contributed by atoms with van der Waals surface area (Å²) in [6.07, 6.45) is 7.20. The van der Waals surface area contributed by atoms with Crippen molar-refractivity contribution in [3.63, 3.8) is 0 Å². The van der Waals surface area contributed by atoms with Crippen molar-refractivity contribution in [2.24, 2.45) is 0 Å². The Balaban J connectivity index is 1.63. The van der Waals surface area contributed by atoms with E-state index in [0.29, 0.717) is 16.7 Å². The molecule has 0 spiro atoms. The van der Waals surface area contributed by atoms with Gasteiger partial charge in [0, 0.05) is 34.0 Å². The van der Waals surface area contributed by atoms with Crippen LogP contribution in [0.15, 0.2) is 61.2 Å². The van der Waals surface area contributed by atoms with Crippen molar-refractivity contribution in [1.29, 1.82) is 0 Å². The topological polar surface area (TPSA) is 27.1 Å². The molecular weight excluding hydrogens is 391 g/mol. The molecule has 0 bridgehead atoms. The number of imidazole rings is 1. The van der Waals surface area contributed by atoms with E-state index in [-0.39, 0.29) is 6.10 Å². The predicted molar refractivity (Wildman–Crippen MR) is 107 cm³/mol. The van der Waals surface area contributed by atoms with Crippen LogP contribution in [0.4, 0.5) is 0 Å². The predicted octanol–water partition coefficient (Wildman–Crippen LogP) is 6.06. The van der Waals surface area contributed by atoms with Crippen LogP contribution < -0.4 is 0 Å². The highest BCUT2D eigenvalue weighted by Crippen LogP contribution is 2.23. The van der Waals surface area contributed by atoms with Gasteiger partial charge in [-0.15, -0.1) is 0 Å². The summed E-state index contributed by atoms with van der Waals surface area (Å²) in [5.74, 6) is 0. The second-order valence-electron chi connectivity index (χ2n) is 6.09. The van der Waals surface area contributed by atoms with Gasteiger partial charge in [0.15, 0.2) is 0 Å². The van der Waals surface area contributed by atoms with Gasteiger partial charge in [-0.1, -0.05) is 53.0 Å². The maximum absolute atomic E-state index is 6.29. The van der Waals surface area contributed by atoms with E-state index >= 15 is 0 Å². The minimum Gasteiger partial charge on any atom is -0.372 e. The summed E-state index contributed by atoms with van der Waals surface area (Å²) >= 11 is 18.2. The molecule has 3 nitrogen and oxygen atoms in total. The van der Waals surface area contributed by atoms with Crippen molar-refractivity contribution in [2.75, 3.05) is 0 Å². The number of halogens is 3. The summed E-state index contributed by atoms with van der Waals surface area (Å²) in [4.78, 5) is 4.10. The number of rotatable bonds is 8. The summed E-state index contributed by atoms with van der Waals surface area (Å²) in [6, 6.07) is 13.3. The lowest BCUT2D eigenvalue weighted by Gasteiger charge is -2.19. The van der Waals surface area contributed by atoms with Crippen LogP contribution in [-0.2, 0) is 24.3 Å². The zero-order chi connectivity index (χ0) is 18.4. The third-order valence-electron chi connectivity index (χ3n) is 4.12. The molecule has 0 aliphatic rings. The van der Waals surface area contributed by atoms with Gasteiger partial charge in [-0.05, 0) is 48.2 Å². The Labute approximate surface area is 168 Å². The number of aryl methyl sites for hydroxylation is 1. The highest BCUT2D eigenvalue weighted by atomic mass is 35.5. The number of benzene rings is 2. The lowest BCUT2D eigenvalue weighted by Crippen LogP contribution is -2.20. The molecule has 6 heteroatoms. The summed E-state index contributed by atoms with van der Waals surface area (Å²) in [7, 11) is 0. The molecule has 1 aromatic heterocycles. The highest BCUT2D eigenvalue weighted by Gasteiger charge is 2.12. The normalized spacial score (nSPS) is 12.3. The fourth-order valence-corrected chi connectivity index (χ4v) is 3.32. The second-order valence-corrected chi connectivity index (χ2v) is 7.37. The van der Waals surface area contributed by atoms with E-state index in [1.165, 1.54) is 0 Å². The van der Waals surface area contributed by atoms with Crippen molar-refractivity contribution in [3.8, 4) is 0 Å². The Morgan fingerprint density at radius 2 is 1.77 bits per heavy atom. The van der Waals surface area contributed by atoms with Crippen molar-refractivity contribution < 1.29 is 4.74 Å². The fraction of sp³-hybridized carbons (Fsp3) is 0.250. The van der Waals surface area contributed by atoms with Gasteiger partial charge in [-0.3, -0.25) is 0 Å². The van der Waals surface area contributed by atoms with E-state index in [2.05, 4.69) is 4.98 Å². The SMILES string of the molecule is Clc1ccc(COC(CCc2ccc(Cl)cc2Cl)Cn2ccnc2)cc1. The van der Waals surface area contributed by atoms with Crippen molar-refractivity contribution in [3.05, 3.63) is 87.4 Å². The molecule has 0 aliphatic carbocycles. The van der Waals surface area contributed by atoms with Crippen LogP contribution in [-0.4, -0.2) is 15.7 Å². The first-order valence-corrected chi connectivity index (χ1v) is 9.49. The first kappa shape index (κ1) is 19.2. The van der Waals surface area contributed by atoms with E-state index in [1.807, 2.05) is 47.2 Å². The lowest BCUT2D eigenvalue weighted by molar-refractivity contribution is 0.0239. The van der Waals surface area contributed by atoms with Crippen LogP contribution in [0.2, 0.25) is 15.1 Å². The Morgan fingerprint density at radius 1 is 1.00 bits per heavy atom. The minimum absolute atomic E-state index is 0.0339. The van der Waals surface area contributed by atoms with Crippen LogP contribution >= 0.6 is 34.8 Å². The Hall–Kier alpha value is -1.52. The number of nitrogens with zero attached hydrogens (tertiary/aromatic N) is 2. The van der Waals surface area contributed by atoms with Gasteiger partial charge in [0.05, 0.1) is 19.0 Å². The minimum atomic E-state index is 0.0339. The van der Waals surface area contributed by atoms with E-state index in [4.69, 9.17) is 39.5 Å². The molecule has 136 valence electrons. The average molecular weight is 410 g/mol. The van der Waals surface area contributed by atoms with Gasteiger partial charge in [0.25, 0.3) is 0 Å². The quantitative estimate of drug-likeness (QED) is 0.452.